The first-order chi connectivity index (χ1) is 14.8. The molecule has 1 fully saturated rings. The van der Waals surface area contributed by atoms with Gasteiger partial charge in [0, 0.05) is 38.2 Å². The van der Waals surface area contributed by atoms with Crippen LogP contribution in [0.4, 0.5) is 0 Å². The average molecular weight is 414 g/mol. The van der Waals surface area contributed by atoms with Crippen LogP contribution in [-0.4, -0.2) is 55.4 Å². The van der Waals surface area contributed by atoms with Crippen LogP contribution in [0.2, 0.25) is 0 Å². The molecule has 0 bridgehead atoms. The van der Waals surface area contributed by atoms with Crippen LogP contribution in [0.25, 0.3) is 0 Å². The van der Waals surface area contributed by atoms with E-state index in [0.717, 1.165) is 75.2 Å². The fourth-order valence-electron chi connectivity index (χ4n) is 3.83. The number of nitrogens with zero attached hydrogens (tertiary/aromatic N) is 3. The summed E-state index contributed by atoms with van der Waals surface area (Å²) in [5.41, 5.74) is 3.43. The molecular weight excluding hydrogens is 378 g/mol. The van der Waals surface area contributed by atoms with E-state index in [0.29, 0.717) is 6.54 Å². The second-order valence-corrected chi connectivity index (χ2v) is 7.39. The highest BCUT2D eigenvalue weighted by Gasteiger charge is 2.23. The molecule has 7 heteroatoms. The summed E-state index contributed by atoms with van der Waals surface area (Å²) in [4.78, 5) is 7.32. The van der Waals surface area contributed by atoms with Gasteiger partial charge in [-0.15, -0.1) is 0 Å². The molecular formula is C23H35N5O2. The normalized spacial score (nSPS) is 16.4. The van der Waals surface area contributed by atoms with Crippen molar-refractivity contribution in [3.8, 4) is 0 Å². The number of nitrogens with one attached hydrogen (secondary N) is 2. The molecule has 30 heavy (non-hydrogen) atoms. The van der Waals surface area contributed by atoms with Gasteiger partial charge in [-0.2, -0.15) is 0 Å². The van der Waals surface area contributed by atoms with Crippen LogP contribution < -0.4 is 10.6 Å². The van der Waals surface area contributed by atoms with Gasteiger partial charge in [-0.1, -0.05) is 49.3 Å². The van der Waals surface area contributed by atoms with Gasteiger partial charge in [-0.25, -0.2) is 4.99 Å². The third-order valence-electron chi connectivity index (χ3n) is 5.48. The highest BCUT2D eigenvalue weighted by molar-refractivity contribution is 5.79. The number of guanidine groups is 1. The monoisotopic (exact) mass is 413 g/mol. The lowest BCUT2D eigenvalue weighted by Crippen LogP contribution is -2.46. The smallest absolute Gasteiger partial charge is 0.191 e. The maximum atomic E-state index is 5.56. The van der Waals surface area contributed by atoms with E-state index in [1.165, 1.54) is 5.56 Å². The van der Waals surface area contributed by atoms with Crippen LogP contribution in [0, 0.1) is 0 Å². The number of aryl methyl sites for hydroxylation is 2. The zero-order valence-electron chi connectivity index (χ0n) is 18.5. The number of morpholine rings is 1. The van der Waals surface area contributed by atoms with E-state index < -0.39 is 0 Å². The molecule has 0 spiro atoms. The summed E-state index contributed by atoms with van der Waals surface area (Å²) in [7, 11) is 0. The fourth-order valence-corrected chi connectivity index (χ4v) is 3.83. The van der Waals surface area contributed by atoms with Crippen molar-refractivity contribution in [2.75, 3.05) is 39.4 Å². The van der Waals surface area contributed by atoms with Gasteiger partial charge in [0.25, 0.3) is 0 Å². The number of aliphatic imine (C=N–C) groups is 1. The Morgan fingerprint density at radius 1 is 1.10 bits per heavy atom. The van der Waals surface area contributed by atoms with Crippen LogP contribution in [0.3, 0.4) is 0 Å². The predicted octanol–water partition coefficient (Wildman–Crippen LogP) is 2.93. The first-order valence-electron chi connectivity index (χ1n) is 11.1. The minimum Gasteiger partial charge on any atom is -0.379 e. The minimum atomic E-state index is 0.270. The van der Waals surface area contributed by atoms with Crippen molar-refractivity contribution in [1.29, 1.82) is 0 Å². The van der Waals surface area contributed by atoms with Gasteiger partial charge < -0.3 is 19.9 Å². The standard InChI is InChI=1S/C23H35N5O2/c1-4-20-19(22(5-2)30-27-20)16-25-23(24-6-3)26-17-21(18-10-8-7-9-11-18)28-12-14-29-15-13-28/h7-11,21H,4-6,12-17H2,1-3H3,(H2,24,25,26). The van der Waals surface area contributed by atoms with Gasteiger partial charge in [0.05, 0.1) is 31.5 Å². The number of hydrogen-bond donors (Lipinski definition) is 2. The Labute approximate surface area is 179 Å². The van der Waals surface area contributed by atoms with E-state index in [-0.39, 0.29) is 6.04 Å². The highest BCUT2D eigenvalue weighted by Crippen LogP contribution is 2.21. The molecule has 7 nitrogen and oxygen atoms in total. The lowest BCUT2D eigenvalue weighted by atomic mass is 10.0. The molecule has 1 saturated heterocycles. The second kappa shape index (κ2) is 11.7. The number of benzene rings is 1. The van der Waals surface area contributed by atoms with Crippen LogP contribution in [-0.2, 0) is 24.1 Å². The van der Waals surface area contributed by atoms with E-state index in [9.17, 15) is 0 Å². The molecule has 2 aromatic rings. The van der Waals surface area contributed by atoms with Crippen LogP contribution >= 0.6 is 0 Å². The zero-order valence-corrected chi connectivity index (χ0v) is 18.5. The van der Waals surface area contributed by atoms with E-state index in [2.05, 4.69) is 71.8 Å². The summed E-state index contributed by atoms with van der Waals surface area (Å²) in [6.45, 7) is 11.9. The molecule has 1 aromatic carbocycles. The largest absolute Gasteiger partial charge is 0.379 e. The molecule has 164 valence electrons. The highest BCUT2D eigenvalue weighted by atomic mass is 16.5. The fraction of sp³-hybridized carbons (Fsp3) is 0.565. The molecule has 0 radical (unpaired) electrons. The summed E-state index contributed by atoms with van der Waals surface area (Å²) >= 11 is 0. The Morgan fingerprint density at radius 3 is 2.53 bits per heavy atom. The minimum absolute atomic E-state index is 0.270. The molecule has 1 aliphatic rings. The number of aromatic nitrogens is 1. The van der Waals surface area contributed by atoms with Crippen LogP contribution in [0.5, 0.6) is 0 Å². The van der Waals surface area contributed by atoms with Gasteiger partial charge in [0.2, 0.25) is 0 Å². The van der Waals surface area contributed by atoms with Crippen molar-refractivity contribution < 1.29 is 9.26 Å². The molecule has 0 amide bonds. The number of rotatable bonds is 9. The van der Waals surface area contributed by atoms with Crippen molar-refractivity contribution in [3.63, 3.8) is 0 Å². The molecule has 3 rings (SSSR count). The van der Waals surface area contributed by atoms with Crippen molar-refractivity contribution in [1.82, 2.24) is 20.7 Å². The van der Waals surface area contributed by atoms with Crippen LogP contribution in [0.1, 0.15) is 49.4 Å². The summed E-state index contributed by atoms with van der Waals surface area (Å²) in [5.74, 6) is 1.75. The Morgan fingerprint density at radius 2 is 1.87 bits per heavy atom. The Hall–Kier alpha value is -2.38. The first kappa shape index (κ1) is 22.3. The molecule has 1 atom stereocenters. The first-order valence-corrected chi connectivity index (χ1v) is 11.1. The van der Waals surface area contributed by atoms with Crippen molar-refractivity contribution in [2.24, 2.45) is 4.99 Å². The Kier molecular flexibility index (Phi) is 8.71. The van der Waals surface area contributed by atoms with E-state index in [1.807, 2.05) is 0 Å². The molecule has 2 heterocycles. The number of ether oxygens (including phenoxy) is 1. The molecule has 0 saturated carbocycles. The lowest BCUT2D eigenvalue weighted by Gasteiger charge is -2.35. The maximum Gasteiger partial charge on any atom is 0.191 e. The van der Waals surface area contributed by atoms with Crippen molar-refractivity contribution >= 4 is 5.96 Å². The molecule has 2 N–H and O–H groups in total. The lowest BCUT2D eigenvalue weighted by molar-refractivity contribution is 0.0170. The van der Waals surface area contributed by atoms with Gasteiger partial charge in [0.1, 0.15) is 5.76 Å². The molecule has 1 aliphatic heterocycles. The third-order valence-corrected chi connectivity index (χ3v) is 5.48. The van der Waals surface area contributed by atoms with E-state index in [1.54, 1.807) is 0 Å². The van der Waals surface area contributed by atoms with Gasteiger partial charge in [-0.05, 0) is 18.9 Å². The van der Waals surface area contributed by atoms with Crippen LogP contribution in [0.15, 0.2) is 39.8 Å². The molecule has 1 aromatic heterocycles. The maximum absolute atomic E-state index is 5.56. The average Bonchev–Trinajstić information content (AvgIpc) is 3.21. The van der Waals surface area contributed by atoms with Crippen molar-refractivity contribution in [3.05, 3.63) is 52.9 Å². The van der Waals surface area contributed by atoms with Crippen molar-refractivity contribution in [2.45, 2.75) is 46.2 Å². The molecule has 0 aliphatic carbocycles. The zero-order chi connectivity index (χ0) is 21.2. The summed E-state index contributed by atoms with van der Waals surface area (Å²) in [5, 5.41) is 11.1. The SMILES string of the molecule is CCNC(=NCc1c(CC)noc1CC)NCC(c1ccccc1)N1CCOCC1. The third kappa shape index (κ3) is 5.83. The second-order valence-electron chi connectivity index (χ2n) is 7.39. The number of hydrogen-bond acceptors (Lipinski definition) is 5. The summed E-state index contributed by atoms with van der Waals surface area (Å²) in [6.07, 6.45) is 1.68. The van der Waals surface area contributed by atoms with Gasteiger partial charge >= 0.3 is 0 Å². The topological polar surface area (TPSA) is 74.9 Å². The Bertz CT molecular complexity index is 763. The van der Waals surface area contributed by atoms with E-state index >= 15 is 0 Å². The van der Waals surface area contributed by atoms with E-state index in [4.69, 9.17) is 14.3 Å². The quantitative estimate of drug-likeness (QED) is 0.486. The van der Waals surface area contributed by atoms with Gasteiger partial charge in [0.15, 0.2) is 5.96 Å². The summed E-state index contributed by atoms with van der Waals surface area (Å²) in [6, 6.07) is 10.9. The Balaban J connectivity index is 1.72. The predicted molar refractivity (Wildman–Crippen MR) is 120 cm³/mol. The molecule has 1 unspecified atom stereocenters. The van der Waals surface area contributed by atoms with Gasteiger partial charge in [-0.3, -0.25) is 4.90 Å². The summed E-state index contributed by atoms with van der Waals surface area (Å²) < 4.78 is 11.0.